The van der Waals surface area contributed by atoms with Gasteiger partial charge in [0.05, 0.1) is 12.5 Å². The zero-order valence-electron chi connectivity index (χ0n) is 14.6. The van der Waals surface area contributed by atoms with Gasteiger partial charge in [-0.2, -0.15) is 0 Å². The fourth-order valence-electron chi connectivity index (χ4n) is 3.95. The Hall–Kier alpha value is -1.10. The van der Waals surface area contributed by atoms with Crippen molar-refractivity contribution in [2.24, 2.45) is 22.5 Å². The zero-order valence-corrected chi connectivity index (χ0v) is 14.6. The van der Waals surface area contributed by atoms with Gasteiger partial charge >= 0.3 is 5.97 Å². The van der Waals surface area contributed by atoms with Gasteiger partial charge in [-0.25, -0.2) is 0 Å². The Kier molecular flexibility index (Phi) is 6.02. The van der Waals surface area contributed by atoms with Gasteiger partial charge in [-0.3, -0.25) is 9.59 Å². The van der Waals surface area contributed by atoms with Crippen LogP contribution in [0.3, 0.4) is 0 Å². The van der Waals surface area contributed by atoms with Crippen molar-refractivity contribution >= 4 is 11.9 Å². The van der Waals surface area contributed by atoms with Crippen molar-refractivity contribution in [3.8, 4) is 0 Å². The van der Waals surface area contributed by atoms with E-state index in [1.54, 1.807) is 0 Å². The van der Waals surface area contributed by atoms with Gasteiger partial charge in [-0.05, 0) is 49.4 Å². The minimum atomic E-state index is -1.05. The third kappa shape index (κ3) is 4.97. The Morgan fingerprint density at radius 2 is 1.73 bits per heavy atom. The Labute approximate surface area is 134 Å². The van der Waals surface area contributed by atoms with Crippen LogP contribution in [-0.2, 0) is 9.59 Å². The fraction of sp³-hybridized carbons (Fsp3) is 0.882. The van der Waals surface area contributed by atoms with Crippen molar-refractivity contribution in [3.63, 3.8) is 0 Å². The predicted octanol–water partition coefficient (Wildman–Crippen LogP) is 2.54. The van der Waals surface area contributed by atoms with Crippen LogP contribution in [0.15, 0.2) is 0 Å². The van der Waals surface area contributed by atoms with E-state index in [2.05, 4.69) is 33.0 Å². The maximum atomic E-state index is 11.8. The number of hydrogen-bond donors (Lipinski definition) is 3. The molecule has 0 spiro atoms. The molecule has 128 valence electrons. The van der Waals surface area contributed by atoms with E-state index in [0.29, 0.717) is 16.7 Å². The van der Waals surface area contributed by atoms with Crippen LogP contribution in [0, 0.1) is 16.7 Å². The molecule has 5 heteroatoms. The molecular weight excluding hydrogens is 280 g/mol. The summed E-state index contributed by atoms with van der Waals surface area (Å²) in [7, 11) is 0. The maximum Gasteiger partial charge on any atom is 0.305 e. The fourth-order valence-corrected chi connectivity index (χ4v) is 3.95. The largest absolute Gasteiger partial charge is 0.481 e. The van der Waals surface area contributed by atoms with E-state index in [1.807, 2.05) is 6.92 Å². The summed E-state index contributed by atoms with van der Waals surface area (Å²) in [6.07, 6.45) is 4.11. The standard InChI is InChI=1S/C17H32N2O3/c1-11(19-15(22)12(18)10-14(20)21)6-7-13-16(2,3)8-9-17(13,4)5/h11-13H,6-10,18H2,1-5H3,(H,19,22)(H,20,21)/t11?,12-/m0/s1. The second kappa shape index (κ2) is 6.99. The second-order valence-corrected chi connectivity index (χ2v) is 8.22. The Balaban J connectivity index is 2.47. The average Bonchev–Trinajstić information content (AvgIpc) is 2.55. The number of nitrogens with one attached hydrogen (secondary N) is 1. The zero-order chi connectivity index (χ0) is 17.1. The van der Waals surface area contributed by atoms with E-state index in [4.69, 9.17) is 10.8 Å². The first-order chi connectivity index (χ1) is 9.95. The molecule has 0 radical (unpaired) electrons. The lowest BCUT2D eigenvalue weighted by Crippen LogP contribution is -2.45. The summed E-state index contributed by atoms with van der Waals surface area (Å²) < 4.78 is 0. The molecule has 1 fully saturated rings. The molecule has 0 saturated heterocycles. The van der Waals surface area contributed by atoms with E-state index < -0.39 is 12.0 Å². The highest BCUT2D eigenvalue weighted by Gasteiger charge is 2.46. The molecule has 0 aromatic carbocycles. The number of carboxylic acids is 1. The van der Waals surface area contributed by atoms with Crippen LogP contribution in [0.1, 0.15) is 66.7 Å². The molecule has 0 bridgehead atoms. The van der Waals surface area contributed by atoms with Crippen molar-refractivity contribution in [2.75, 3.05) is 0 Å². The van der Waals surface area contributed by atoms with Gasteiger partial charge in [-0.1, -0.05) is 27.7 Å². The van der Waals surface area contributed by atoms with Crippen LogP contribution in [0.2, 0.25) is 0 Å². The molecule has 1 aliphatic carbocycles. The van der Waals surface area contributed by atoms with Gasteiger partial charge in [0.1, 0.15) is 0 Å². The van der Waals surface area contributed by atoms with Gasteiger partial charge in [-0.15, -0.1) is 0 Å². The van der Waals surface area contributed by atoms with Crippen LogP contribution in [0.5, 0.6) is 0 Å². The maximum absolute atomic E-state index is 11.8. The molecule has 2 atom stereocenters. The number of nitrogens with two attached hydrogens (primary N) is 1. The highest BCUT2D eigenvalue weighted by atomic mass is 16.4. The average molecular weight is 312 g/mol. The summed E-state index contributed by atoms with van der Waals surface area (Å²) in [5, 5.41) is 11.5. The lowest BCUT2D eigenvalue weighted by atomic mass is 9.70. The van der Waals surface area contributed by atoms with Crippen LogP contribution >= 0.6 is 0 Å². The van der Waals surface area contributed by atoms with Crippen molar-refractivity contribution in [3.05, 3.63) is 0 Å². The third-order valence-electron chi connectivity index (χ3n) is 5.31. The number of amides is 1. The normalized spacial score (nSPS) is 23.0. The SMILES string of the molecule is CC(CCC1C(C)(C)CCC1(C)C)NC(=O)[C@@H](N)CC(=O)O. The van der Waals surface area contributed by atoms with Crippen LogP contribution in [0.4, 0.5) is 0 Å². The van der Waals surface area contributed by atoms with Crippen LogP contribution in [0.25, 0.3) is 0 Å². The first-order valence-electron chi connectivity index (χ1n) is 8.23. The van der Waals surface area contributed by atoms with E-state index in [0.717, 1.165) is 12.8 Å². The molecule has 5 nitrogen and oxygen atoms in total. The predicted molar refractivity (Wildman–Crippen MR) is 87.4 cm³/mol. The third-order valence-corrected chi connectivity index (χ3v) is 5.31. The van der Waals surface area contributed by atoms with Gasteiger partial charge in [0.15, 0.2) is 0 Å². The second-order valence-electron chi connectivity index (χ2n) is 8.22. The highest BCUT2D eigenvalue weighted by Crippen LogP contribution is 2.55. The number of carbonyl (C=O) groups excluding carboxylic acids is 1. The van der Waals surface area contributed by atoms with Crippen LogP contribution in [-0.4, -0.2) is 29.1 Å². The molecule has 4 N–H and O–H groups in total. The number of rotatable bonds is 7. The first kappa shape index (κ1) is 18.9. The van der Waals surface area contributed by atoms with Gasteiger partial charge < -0.3 is 16.2 Å². The van der Waals surface area contributed by atoms with E-state index in [9.17, 15) is 9.59 Å². The number of carbonyl (C=O) groups is 2. The van der Waals surface area contributed by atoms with Gasteiger partial charge in [0.2, 0.25) is 5.91 Å². The monoisotopic (exact) mass is 312 g/mol. The molecule has 0 heterocycles. The Morgan fingerprint density at radius 3 is 2.18 bits per heavy atom. The molecule has 0 aliphatic heterocycles. The van der Waals surface area contributed by atoms with Gasteiger partial charge in [0.25, 0.3) is 0 Å². The summed E-state index contributed by atoms with van der Waals surface area (Å²) in [6.45, 7) is 11.3. The quantitative estimate of drug-likeness (QED) is 0.673. The smallest absolute Gasteiger partial charge is 0.305 e. The van der Waals surface area contributed by atoms with E-state index >= 15 is 0 Å². The van der Waals surface area contributed by atoms with Crippen molar-refractivity contribution < 1.29 is 14.7 Å². The lowest BCUT2D eigenvalue weighted by Gasteiger charge is -2.36. The van der Waals surface area contributed by atoms with Crippen molar-refractivity contribution in [2.45, 2.75) is 78.8 Å². The summed E-state index contributed by atoms with van der Waals surface area (Å²) in [5.74, 6) is -0.795. The number of hydrogen-bond acceptors (Lipinski definition) is 3. The summed E-state index contributed by atoms with van der Waals surface area (Å²) >= 11 is 0. The molecule has 1 aliphatic rings. The van der Waals surface area contributed by atoms with Gasteiger partial charge in [0, 0.05) is 6.04 Å². The summed E-state index contributed by atoms with van der Waals surface area (Å²) in [4.78, 5) is 22.4. The lowest BCUT2D eigenvalue weighted by molar-refractivity contribution is -0.139. The van der Waals surface area contributed by atoms with E-state index in [1.165, 1.54) is 12.8 Å². The van der Waals surface area contributed by atoms with Crippen LogP contribution < -0.4 is 11.1 Å². The molecule has 22 heavy (non-hydrogen) atoms. The Morgan fingerprint density at radius 1 is 1.23 bits per heavy atom. The summed E-state index contributed by atoms with van der Waals surface area (Å²) in [6, 6.07) is -0.959. The van der Waals surface area contributed by atoms with Crippen molar-refractivity contribution in [1.29, 1.82) is 0 Å². The highest BCUT2D eigenvalue weighted by molar-refractivity contribution is 5.86. The topological polar surface area (TPSA) is 92.4 Å². The molecule has 1 saturated carbocycles. The molecular formula is C17H32N2O3. The minimum Gasteiger partial charge on any atom is -0.481 e. The molecule has 0 aromatic rings. The molecule has 1 rings (SSSR count). The Bertz CT molecular complexity index is 402. The minimum absolute atomic E-state index is 0.0135. The number of carboxylic acid groups (broad SMARTS) is 1. The van der Waals surface area contributed by atoms with E-state index in [-0.39, 0.29) is 18.4 Å². The van der Waals surface area contributed by atoms with Crippen molar-refractivity contribution in [1.82, 2.24) is 5.32 Å². The molecule has 1 unspecified atom stereocenters. The summed E-state index contributed by atoms with van der Waals surface area (Å²) in [5.41, 5.74) is 6.26. The molecule has 0 aromatic heterocycles. The molecule has 1 amide bonds. The number of aliphatic carboxylic acids is 1. The first-order valence-corrected chi connectivity index (χ1v) is 8.23.